The van der Waals surface area contributed by atoms with Crippen LogP contribution in [0.2, 0.25) is 0 Å². The third-order valence-corrected chi connectivity index (χ3v) is 2.79. The summed E-state index contributed by atoms with van der Waals surface area (Å²) in [5, 5.41) is 3.03. The predicted molar refractivity (Wildman–Crippen MR) is 55.1 cm³/mol. The van der Waals surface area contributed by atoms with Gasteiger partial charge in [-0.1, -0.05) is 0 Å². The number of ether oxygens (including phenoxy) is 1. The van der Waals surface area contributed by atoms with Gasteiger partial charge in [0.2, 0.25) is 5.91 Å². The summed E-state index contributed by atoms with van der Waals surface area (Å²) in [6.45, 7) is 7.81. The van der Waals surface area contributed by atoms with Crippen molar-refractivity contribution in [1.82, 2.24) is 10.2 Å². The molecule has 1 unspecified atom stereocenters. The Morgan fingerprint density at radius 2 is 2.21 bits per heavy atom. The zero-order valence-electron chi connectivity index (χ0n) is 9.46. The Hall–Kier alpha value is -0.610. The molecule has 1 heterocycles. The zero-order chi connectivity index (χ0) is 10.8. The van der Waals surface area contributed by atoms with Crippen molar-refractivity contribution in [3.05, 3.63) is 0 Å². The van der Waals surface area contributed by atoms with E-state index < -0.39 is 5.54 Å². The highest BCUT2D eigenvalue weighted by molar-refractivity contribution is 5.85. The number of rotatable bonds is 2. The van der Waals surface area contributed by atoms with Gasteiger partial charge in [0.25, 0.3) is 0 Å². The summed E-state index contributed by atoms with van der Waals surface area (Å²) in [4.78, 5) is 14.0. The number of likely N-dealkylation sites (N-methyl/N-ethyl adjacent to an activating group) is 1. The summed E-state index contributed by atoms with van der Waals surface area (Å²) in [5.74, 6) is 0.149. The van der Waals surface area contributed by atoms with E-state index in [0.717, 1.165) is 0 Å². The Balaban J connectivity index is 2.67. The van der Waals surface area contributed by atoms with E-state index in [1.54, 1.807) is 0 Å². The van der Waals surface area contributed by atoms with Crippen LogP contribution in [-0.2, 0) is 9.53 Å². The molecular weight excluding hydrogens is 180 g/mol. The lowest BCUT2D eigenvalue weighted by Crippen LogP contribution is -2.58. The van der Waals surface area contributed by atoms with E-state index in [2.05, 4.69) is 5.32 Å². The normalized spacial score (nSPS) is 23.7. The van der Waals surface area contributed by atoms with Gasteiger partial charge >= 0.3 is 0 Å². The largest absolute Gasteiger partial charge is 0.377 e. The fourth-order valence-corrected chi connectivity index (χ4v) is 1.49. The summed E-state index contributed by atoms with van der Waals surface area (Å²) in [5.41, 5.74) is -0.481. The second kappa shape index (κ2) is 4.28. The van der Waals surface area contributed by atoms with Crippen molar-refractivity contribution < 1.29 is 9.53 Å². The van der Waals surface area contributed by atoms with Crippen LogP contribution in [0.3, 0.4) is 0 Å². The Kier molecular flexibility index (Phi) is 3.50. The van der Waals surface area contributed by atoms with Gasteiger partial charge in [-0.2, -0.15) is 0 Å². The van der Waals surface area contributed by atoms with Crippen molar-refractivity contribution in [1.29, 1.82) is 0 Å². The molecule has 0 aliphatic carbocycles. The van der Waals surface area contributed by atoms with Crippen molar-refractivity contribution in [2.45, 2.75) is 32.4 Å². The maximum absolute atomic E-state index is 12.1. The third kappa shape index (κ3) is 2.25. The molecule has 14 heavy (non-hydrogen) atoms. The van der Waals surface area contributed by atoms with Crippen molar-refractivity contribution in [2.75, 3.05) is 26.8 Å². The molecule has 4 nitrogen and oxygen atoms in total. The monoisotopic (exact) mass is 200 g/mol. The molecule has 0 saturated carbocycles. The lowest BCUT2D eigenvalue weighted by molar-refractivity contribution is -0.144. The molecule has 1 rings (SSSR count). The van der Waals surface area contributed by atoms with Crippen LogP contribution in [0.1, 0.15) is 20.8 Å². The fourth-order valence-electron chi connectivity index (χ4n) is 1.49. The molecule has 1 atom stereocenters. The molecule has 1 fully saturated rings. The van der Waals surface area contributed by atoms with Gasteiger partial charge < -0.3 is 15.0 Å². The van der Waals surface area contributed by atoms with Crippen LogP contribution in [0.4, 0.5) is 0 Å². The minimum Gasteiger partial charge on any atom is -0.377 e. The van der Waals surface area contributed by atoms with Crippen LogP contribution in [0, 0.1) is 0 Å². The number of carbonyl (C=O) groups is 1. The average Bonchev–Trinajstić information content (AvgIpc) is 2.17. The SMILES string of the molecule is CNC(C)(C)C(=O)N1CCOCC1C. The van der Waals surface area contributed by atoms with E-state index in [1.807, 2.05) is 32.7 Å². The van der Waals surface area contributed by atoms with E-state index in [9.17, 15) is 4.79 Å². The number of nitrogens with one attached hydrogen (secondary N) is 1. The minimum atomic E-state index is -0.481. The molecule has 0 radical (unpaired) electrons. The van der Waals surface area contributed by atoms with Gasteiger partial charge in [0.15, 0.2) is 0 Å². The number of nitrogens with zero attached hydrogens (tertiary/aromatic N) is 1. The first-order valence-corrected chi connectivity index (χ1v) is 5.07. The summed E-state index contributed by atoms with van der Waals surface area (Å²) in [6, 6.07) is 0.184. The summed E-state index contributed by atoms with van der Waals surface area (Å²) >= 11 is 0. The first-order chi connectivity index (χ1) is 6.49. The van der Waals surface area contributed by atoms with Gasteiger partial charge in [0.05, 0.1) is 24.8 Å². The summed E-state index contributed by atoms with van der Waals surface area (Å²) in [7, 11) is 1.81. The summed E-state index contributed by atoms with van der Waals surface area (Å²) < 4.78 is 5.29. The first kappa shape index (κ1) is 11.5. The molecular formula is C10H20N2O2. The van der Waals surface area contributed by atoms with Gasteiger partial charge in [-0.3, -0.25) is 4.79 Å². The van der Waals surface area contributed by atoms with Crippen LogP contribution in [0.5, 0.6) is 0 Å². The molecule has 4 heteroatoms. The van der Waals surface area contributed by atoms with E-state index in [-0.39, 0.29) is 11.9 Å². The maximum Gasteiger partial charge on any atom is 0.242 e. The molecule has 0 aromatic carbocycles. The molecule has 1 amide bonds. The maximum atomic E-state index is 12.1. The molecule has 1 aliphatic heterocycles. The van der Waals surface area contributed by atoms with Gasteiger partial charge in [-0.25, -0.2) is 0 Å². The Labute approximate surface area is 85.6 Å². The molecule has 1 saturated heterocycles. The van der Waals surface area contributed by atoms with Gasteiger partial charge in [0, 0.05) is 6.54 Å². The molecule has 1 aliphatic rings. The highest BCUT2D eigenvalue weighted by atomic mass is 16.5. The molecule has 0 aromatic heterocycles. The van der Waals surface area contributed by atoms with Gasteiger partial charge in [-0.15, -0.1) is 0 Å². The van der Waals surface area contributed by atoms with Crippen LogP contribution < -0.4 is 5.32 Å². The highest BCUT2D eigenvalue weighted by Gasteiger charge is 2.33. The summed E-state index contributed by atoms with van der Waals surface area (Å²) in [6.07, 6.45) is 0. The van der Waals surface area contributed by atoms with Crippen molar-refractivity contribution in [3.63, 3.8) is 0 Å². The quantitative estimate of drug-likeness (QED) is 0.694. The van der Waals surface area contributed by atoms with Crippen LogP contribution in [0.25, 0.3) is 0 Å². The van der Waals surface area contributed by atoms with Crippen LogP contribution in [-0.4, -0.2) is 49.2 Å². The number of carbonyl (C=O) groups excluding carboxylic acids is 1. The van der Waals surface area contributed by atoms with Crippen molar-refractivity contribution in [3.8, 4) is 0 Å². The smallest absolute Gasteiger partial charge is 0.242 e. The van der Waals surface area contributed by atoms with Crippen LogP contribution >= 0.6 is 0 Å². The van der Waals surface area contributed by atoms with Crippen LogP contribution in [0.15, 0.2) is 0 Å². The second-order valence-corrected chi connectivity index (χ2v) is 4.30. The molecule has 0 bridgehead atoms. The second-order valence-electron chi connectivity index (χ2n) is 4.30. The van der Waals surface area contributed by atoms with Crippen molar-refractivity contribution in [2.24, 2.45) is 0 Å². The average molecular weight is 200 g/mol. The van der Waals surface area contributed by atoms with Gasteiger partial charge in [0.1, 0.15) is 0 Å². The fraction of sp³-hybridized carbons (Fsp3) is 0.900. The molecule has 82 valence electrons. The lowest BCUT2D eigenvalue weighted by atomic mass is 10.0. The van der Waals surface area contributed by atoms with E-state index in [4.69, 9.17) is 4.74 Å². The minimum absolute atomic E-state index is 0.149. The Bertz CT molecular complexity index is 216. The number of hydrogen-bond donors (Lipinski definition) is 1. The topological polar surface area (TPSA) is 41.6 Å². The predicted octanol–water partition coefficient (Wildman–Crippen LogP) is 0.232. The molecule has 0 aromatic rings. The van der Waals surface area contributed by atoms with E-state index >= 15 is 0 Å². The van der Waals surface area contributed by atoms with Crippen molar-refractivity contribution >= 4 is 5.91 Å². The van der Waals surface area contributed by atoms with E-state index in [0.29, 0.717) is 19.8 Å². The third-order valence-electron chi connectivity index (χ3n) is 2.79. The lowest BCUT2D eigenvalue weighted by Gasteiger charge is -2.38. The number of morpholine rings is 1. The zero-order valence-corrected chi connectivity index (χ0v) is 9.46. The first-order valence-electron chi connectivity index (χ1n) is 5.07. The van der Waals surface area contributed by atoms with E-state index in [1.165, 1.54) is 0 Å². The standard InChI is InChI=1S/C10H20N2O2/c1-8-7-14-6-5-12(8)9(13)10(2,3)11-4/h8,11H,5-7H2,1-4H3. The number of amides is 1. The van der Waals surface area contributed by atoms with Gasteiger partial charge in [-0.05, 0) is 27.8 Å². The number of hydrogen-bond acceptors (Lipinski definition) is 3. The highest BCUT2D eigenvalue weighted by Crippen LogP contribution is 2.13. The Morgan fingerprint density at radius 1 is 1.57 bits per heavy atom. The Morgan fingerprint density at radius 3 is 2.71 bits per heavy atom. The molecule has 1 N–H and O–H groups in total. The molecule has 0 spiro atoms.